The van der Waals surface area contributed by atoms with Gasteiger partial charge in [0.2, 0.25) is 11.6 Å². The fourth-order valence-electron chi connectivity index (χ4n) is 4.76. The molecule has 0 saturated heterocycles. The minimum Gasteiger partial charge on any atom is -0.455 e. The summed E-state index contributed by atoms with van der Waals surface area (Å²) in [6, 6.07) is 19.6. The molecule has 1 amide bonds. The molecule has 7 nitrogen and oxygen atoms in total. The molecule has 6 aromatic rings. The van der Waals surface area contributed by atoms with Crippen LogP contribution in [0.3, 0.4) is 0 Å². The highest BCUT2D eigenvalue weighted by Crippen LogP contribution is 2.41. The van der Waals surface area contributed by atoms with Crippen LogP contribution in [0.15, 0.2) is 81.8 Å². The van der Waals surface area contributed by atoms with Gasteiger partial charge in [-0.15, -0.1) is 0 Å². The summed E-state index contributed by atoms with van der Waals surface area (Å²) in [4.78, 5) is 24.1. The number of nitrogens with zero attached hydrogens (tertiary/aromatic N) is 3. The topological polar surface area (TPSA) is 84.4 Å². The van der Waals surface area contributed by atoms with Gasteiger partial charge in [-0.2, -0.15) is 0 Å². The summed E-state index contributed by atoms with van der Waals surface area (Å²) in [5.74, 6) is 0.206. The number of benzene rings is 3. The molecule has 0 radical (unpaired) electrons. The second-order valence-electron chi connectivity index (χ2n) is 9.59. The predicted octanol–water partition coefficient (Wildman–Crippen LogP) is 6.84. The molecule has 0 bridgehead atoms. The van der Waals surface area contributed by atoms with Gasteiger partial charge in [0.15, 0.2) is 0 Å². The van der Waals surface area contributed by atoms with Crippen molar-refractivity contribution in [2.24, 2.45) is 0 Å². The Labute approximate surface area is 223 Å². The first-order valence-electron chi connectivity index (χ1n) is 12.4. The van der Waals surface area contributed by atoms with Gasteiger partial charge in [0.25, 0.3) is 5.91 Å². The number of carbonyl (C=O) groups is 1. The minimum atomic E-state index is -0.363. The second-order valence-corrected chi connectivity index (χ2v) is 9.59. The van der Waals surface area contributed by atoms with Crippen LogP contribution in [0, 0.1) is 12.7 Å². The summed E-state index contributed by atoms with van der Waals surface area (Å²) in [7, 11) is 5.48. The van der Waals surface area contributed by atoms with Gasteiger partial charge < -0.3 is 19.1 Å². The minimum absolute atomic E-state index is 0.292. The zero-order chi connectivity index (χ0) is 27.3. The molecule has 0 fully saturated rings. The van der Waals surface area contributed by atoms with Gasteiger partial charge in [-0.1, -0.05) is 12.1 Å². The van der Waals surface area contributed by atoms with E-state index < -0.39 is 0 Å². The van der Waals surface area contributed by atoms with Crippen LogP contribution < -0.4 is 10.2 Å². The highest BCUT2D eigenvalue weighted by Gasteiger charge is 2.24. The van der Waals surface area contributed by atoms with Gasteiger partial charge in [0.1, 0.15) is 22.7 Å². The third-order valence-electron chi connectivity index (χ3n) is 6.65. The molecule has 6 rings (SSSR count). The van der Waals surface area contributed by atoms with Gasteiger partial charge in [-0.05, 0) is 66.6 Å². The van der Waals surface area contributed by atoms with Crippen LogP contribution in [0.25, 0.3) is 56.1 Å². The molecule has 3 aromatic heterocycles. The normalized spacial score (nSPS) is 11.3. The molecule has 0 unspecified atom stereocenters. The number of nitrogens with one attached hydrogen (secondary N) is 1. The maximum atomic E-state index is 13.6. The van der Waals surface area contributed by atoms with E-state index in [0.717, 1.165) is 27.9 Å². The first-order chi connectivity index (χ1) is 18.8. The maximum absolute atomic E-state index is 13.6. The molecule has 0 aliphatic rings. The van der Waals surface area contributed by atoms with Crippen LogP contribution in [0.1, 0.15) is 15.9 Å². The predicted molar refractivity (Wildman–Crippen MR) is 150 cm³/mol. The van der Waals surface area contributed by atoms with E-state index in [-0.39, 0.29) is 11.7 Å². The first-order valence-corrected chi connectivity index (χ1v) is 12.4. The summed E-state index contributed by atoms with van der Waals surface area (Å²) in [5.41, 5.74) is 7.27. The fourth-order valence-corrected chi connectivity index (χ4v) is 4.76. The number of hydrogen-bond acceptors (Lipinski definition) is 6. The van der Waals surface area contributed by atoms with Gasteiger partial charge in [0.05, 0.1) is 5.56 Å². The number of hydrogen-bond donors (Lipinski definition) is 1. The van der Waals surface area contributed by atoms with Crippen molar-refractivity contribution in [1.29, 1.82) is 0 Å². The third kappa shape index (κ3) is 4.29. The van der Waals surface area contributed by atoms with E-state index in [1.807, 2.05) is 68.4 Å². The van der Waals surface area contributed by atoms with Crippen LogP contribution in [0.4, 0.5) is 10.1 Å². The van der Waals surface area contributed by atoms with E-state index in [1.54, 1.807) is 25.4 Å². The van der Waals surface area contributed by atoms with Gasteiger partial charge in [0, 0.05) is 61.2 Å². The summed E-state index contributed by atoms with van der Waals surface area (Å²) in [6.07, 6.45) is 1.75. The van der Waals surface area contributed by atoms with Crippen LogP contribution in [-0.4, -0.2) is 37.0 Å². The van der Waals surface area contributed by atoms with Crippen molar-refractivity contribution >= 4 is 33.8 Å². The Bertz CT molecular complexity index is 1870. The average molecular weight is 521 g/mol. The molecule has 3 aromatic carbocycles. The number of furan rings is 1. The highest BCUT2D eigenvalue weighted by molar-refractivity contribution is 6.13. The Hall–Kier alpha value is -4.98. The molecular formula is C31H25FN4O3. The zero-order valence-corrected chi connectivity index (χ0v) is 21.9. The van der Waals surface area contributed by atoms with E-state index in [0.29, 0.717) is 45.0 Å². The summed E-state index contributed by atoms with van der Waals surface area (Å²) < 4.78 is 25.8. The molecule has 0 aliphatic carbocycles. The van der Waals surface area contributed by atoms with Crippen LogP contribution in [-0.2, 0) is 0 Å². The lowest BCUT2D eigenvalue weighted by molar-refractivity contribution is 0.0964. The highest BCUT2D eigenvalue weighted by atomic mass is 19.1. The van der Waals surface area contributed by atoms with E-state index in [2.05, 4.69) is 15.3 Å². The van der Waals surface area contributed by atoms with Crippen molar-refractivity contribution in [1.82, 2.24) is 15.3 Å². The fraction of sp³-hybridized carbons (Fsp3) is 0.129. The van der Waals surface area contributed by atoms with Gasteiger partial charge in [-0.25, -0.2) is 14.4 Å². The number of oxazole rings is 1. The molecule has 39 heavy (non-hydrogen) atoms. The monoisotopic (exact) mass is 520 g/mol. The number of anilines is 1. The first kappa shape index (κ1) is 24.4. The number of aryl methyl sites for hydroxylation is 1. The van der Waals surface area contributed by atoms with Crippen molar-refractivity contribution in [2.75, 3.05) is 26.0 Å². The van der Waals surface area contributed by atoms with Crippen molar-refractivity contribution < 1.29 is 18.0 Å². The zero-order valence-electron chi connectivity index (χ0n) is 21.9. The van der Waals surface area contributed by atoms with Crippen molar-refractivity contribution in [3.05, 3.63) is 89.9 Å². The lowest BCUT2D eigenvalue weighted by atomic mass is 9.97. The smallest absolute Gasteiger partial charge is 0.255 e. The van der Waals surface area contributed by atoms with Crippen LogP contribution >= 0.6 is 0 Å². The van der Waals surface area contributed by atoms with Crippen molar-refractivity contribution in [2.45, 2.75) is 6.92 Å². The largest absolute Gasteiger partial charge is 0.455 e. The Morgan fingerprint density at radius 3 is 2.46 bits per heavy atom. The Morgan fingerprint density at radius 2 is 1.72 bits per heavy atom. The second kappa shape index (κ2) is 9.40. The summed E-state index contributed by atoms with van der Waals surface area (Å²) >= 11 is 0. The molecule has 194 valence electrons. The average Bonchev–Trinajstić information content (AvgIpc) is 3.53. The number of carbonyl (C=O) groups excluding carboxylic acids is 1. The Morgan fingerprint density at radius 1 is 0.949 bits per heavy atom. The van der Waals surface area contributed by atoms with E-state index in [1.165, 1.54) is 12.1 Å². The maximum Gasteiger partial charge on any atom is 0.255 e. The van der Waals surface area contributed by atoms with E-state index in [4.69, 9.17) is 8.83 Å². The lowest BCUT2D eigenvalue weighted by Crippen LogP contribution is -2.18. The molecule has 0 atom stereocenters. The van der Waals surface area contributed by atoms with Gasteiger partial charge >= 0.3 is 0 Å². The molecule has 3 heterocycles. The molecular weight excluding hydrogens is 495 g/mol. The number of fused-ring (bicyclic) bond motifs is 2. The van der Waals surface area contributed by atoms with E-state index >= 15 is 0 Å². The quantitative estimate of drug-likeness (QED) is 0.268. The summed E-state index contributed by atoms with van der Waals surface area (Å²) in [6.45, 7) is 1.96. The van der Waals surface area contributed by atoms with Crippen molar-refractivity contribution in [3.63, 3.8) is 0 Å². The van der Waals surface area contributed by atoms with Crippen LogP contribution in [0.5, 0.6) is 0 Å². The number of rotatable bonds is 5. The standard InChI is InChI=1S/C31H25FN4O3/c1-17-12-24-31(34-16-17)39-30(35-24)20-7-5-6-19(13-20)22-14-23-26(15-25(22)36(3)4)38-28(27(23)29(37)33-2)18-8-10-21(32)11-9-18/h5-16H,1-4H3,(H,33,37). The Balaban J connectivity index is 1.55. The van der Waals surface area contributed by atoms with Gasteiger partial charge in [-0.3, -0.25) is 4.79 Å². The number of amides is 1. The van der Waals surface area contributed by atoms with Crippen LogP contribution in [0.2, 0.25) is 0 Å². The Kier molecular flexibility index (Phi) is 5.87. The lowest BCUT2D eigenvalue weighted by Gasteiger charge is -2.18. The number of pyridine rings is 1. The number of aromatic nitrogens is 2. The molecule has 8 heteroatoms. The molecule has 0 saturated carbocycles. The summed E-state index contributed by atoms with van der Waals surface area (Å²) in [5, 5.41) is 3.37. The van der Waals surface area contributed by atoms with Crippen molar-refractivity contribution in [3.8, 4) is 33.9 Å². The molecule has 0 aliphatic heterocycles. The SMILES string of the molecule is CNC(=O)c1c(-c2ccc(F)cc2)oc2cc(N(C)C)c(-c3cccc(-c4nc5cc(C)cnc5o4)c3)cc12. The number of halogens is 1. The molecule has 1 N–H and O–H groups in total. The molecule has 0 spiro atoms. The third-order valence-corrected chi connectivity index (χ3v) is 6.65. The van der Waals surface area contributed by atoms with E-state index in [9.17, 15) is 9.18 Å².